The van der Waals surface area contributed by atoms with Gasteiger partial charge in [-0.25, -0.2) is 12.8 Å². The zero-order valence-corrected chi connectivity index (χ0v) is 18.3. The smallest absolute Gasteiger partial charge is 0.324 e. The summed E-state index contributed by atoms with van der Waals surface area (Å²) in [6.45, 7) is 3.26. The monoisotopic (exact) mass is 466 g/mol. The number of rotatable bonds is 8. The number of halogens is 1. The van der Waals surface area contributed by atoms with Crippen LogP contribution in [-0.4, -0.2) is 46.2 Å². The van der Waals surface area contributed by atoms with Crippen molar-refractivity contribution in [2.45, 2.75) is 24.8 Å². The Hall–Kier alpha value is -3.18. The van der Waals surface area contributed by atoms with E-state index in [-0.39, 0.29) is 16.3 Å². The van der Waals surface area contributed by atoms with Gasteiger partial charge in [0.1, 0.15) is 25.1 Å². The number of amides is 1. The Kier molecular flexibility index (Phi) is 7.31. The zero-order valence-electron chi connectivity index (χ0n) is 17.5. The molecule has 0 saturated heterocycles. The van der Waals surface area contributed by atoms with Crippen molar-refractivity contribution in [2.75, 3.05) is 25.1 Å². The van der Waals surface area contributed by atoms with E-state index < -0.39 is 46.3 Å². The van der Waals surface area contributed by atoms with Gasteiger partial charge in [-0.05, 0) is 36.2 Å². The number of sulfonamides is 1. The predicted octanol–water partition coefficient (Wildman–Crippen LogP) is 2.08. The topological polar surface area (TPSA) is 120 Å². The lowest BCUT2D eigenvalue weighted by molar-refractivity contribution is -0.150. The van der Waals surface area contributed by atoms with Crippen molar-refractivity contribution in [1.82, 2.24) is 4.72 Å². The van der Waals surface area contributed by atoms with Crippen molar-refractivity contribution >= 4 is 27.6 Å². The van der Waals surface area contributed by atoms with Gasteiger partial charge < -0.3 is 19.5 Å². The van der Waals surface area contributed by atoms with E-state index in [2.05, 4.69) is 10.0 Å². The average Bonchev–Trinajstić information content (AvgIpc) is 2.75. The molecule has 1 atom stereocenters. The highest BCUT2D eigenvalue weighted by molar-refractivity contribution is 7.89. The lowest BCUT2D eigenvalue weighted by Gasteiger charge is -2.22. The Morgan fingerprint density at radius 1 is 1.09 bits per heavy atom. The van der Waals surface area contributed by atoms with Crippen LogP contribution in [0.1, 0.15) is 13.8 Å². The molecule has 11 heteroatoms. The van der Waals surface area contributed by atoms with Gasteiger partial charge >= 0.3 is 5.97 Å². The third kappa shape index (κ3) is 5.95. The second-order valence-electron chi connectivity index (χ2n) is 7.31. The first-order valence-corrected chi connectivity index (χ1v) is 11.3. The first-order valence-electron chi connectivity index (χ1n) is 9.80. The number of benzene rings is 2. The summed E-state index contributed by atoms with van der Waals surface area (Å²) in [5, 5.41) is 2.39. The fourth-order valence-electron chi connectivity index (χ4n) is 2.87. The number of hydrogen-bond donors (Lipinski definition) is 2. The van der Waals surface area contributed by atoms with Crippen molar-refractivity contribution in [2.24, 2.45) is 5.92 Å². The molecule has 2 aromatic rings. The molecule has 0 bridgehead atoms. The number of carbonyl (C=O) groups excluding carboxylic acids is 2. The average molecular weight is 466 g/mol. The number of ether oxygens (including phenoxy) is 3. The Morgan fingerprint density at radius 2 is 1.81 bits per heavy atom. The molecule has 0 radical (unpaired) electrons. The van der Waals surface area contributed by atoms with E-state index in [1.165, 1.54) is 36.4 Å². The van der Waals surface area contributed by atoms with Crippen LogP contribution >= 0.6 is 0 Å². The Balaban J connectivity index is 1.64. The van der Waals surface area contributed by atoms with Gasteiger partial charge in [0.25, 0.3) is 5.91 Å². The summed E-state index contributed by atoms with van der Waals surface area (Å²) in [4.78, 5) is 24.4. The van der Waals surface area contributed by atoms with Crippen LogP contribution in [0.4, 0.5) is 10.1 Å². The van der Waals surface area contributed by atoms with Crippen molar-refractivity contribution in [3.8, 4) is 11.5 Å². The van der Waals surface area contributed by atoms with Crippen LogP contribution < -0.4 is 19.5 Å². The first kappa shape index (κ1) is 23.5. The minimum Gasteiger partial charge on any atom is -0.486 e. The van der Waals surface area contributed by atoms with E-state index in [0.29, 0.717) is 19.0 Å². The third-order valence-corrected chi connectivity index (χ3v) is 5.92. The second kappa shape index (κ2) is 9.96. The third-order valence-electron chi connectivity index (χ3n) is 4.48. The summed E-state index contributed by atoms with van der Waals surface area (Å²) in [5.74, 6) is -1.90. The molecule has 0 aliphatic carbocycles. The summed E-state index contributed by atoms with van der Waals surface area (Å²) in [5.41, 5.74) is 0.200. The minimum absolute atomic E-state index is 0.107. The summed E-state index contributed by atoms with van der Waals surface area (Å²) in [7, 11) is -4.10. The van der Waals surface area contributed by atoms with Crippen molar-refractivity contribution in [3.05, 3.63) is 48.3 Å². The molecule has 0 aromatic heterocycles. The quantitative estimate of drug-likeness (QED) is 0.572. The Morgan fingerprint density at radius 3 is 2.50 bits per heavy atom. The molecule has 3 rings (SSSR count). The minimum atomic E-state index is -4.10. The molecule has 0 fully saturated rings. The summed E-state index contributed by atoms with van der Waals surface area (Å²) in [6.07, 6.45) is 0. The molecule has 1 aliphatic rings. The van der Waals surface area contributed by atoms with E-state index in [1.807, 2.05) is 0 Å². The maximum Gasteiger partial charge on any atom is 0.324 e. The number of anilines is 1. The van der Waals surface area contributed by atoms with Gasteiger partial charge in [-0.15, -0.1) is 0 Å². The first-order chi connectivity index (χ1) is 15.2. The van der Waals surface area contributed by atoms with Crippen LogP contribution in [0.15, 0.2) is 47.4 Å². The number of esters is 1. The zero-order chi connectivity index (χ0) is 23.3. The van der Waals surface area contributed by atoms with Crippen molar-refractivity contribution < 1.29 is 36.6 Å². The van der Waals surface area contributed by atoms with Gasteiger partial charge in [0.15, 0.2) is 18.1 Å². The molecule has 9 nitrogen and oxygen atoms in total. The SMILES string of the molecule is CC(C)[C@H](NS(=O)(=O)c1ccc2c(c1)OCCO2)C(=O)OCC(=O)Nc1cccc(F)c1. The Labute approximate surface area is 184 Å². The van der Waals surface area contributed by atoms with Crippen molar-refractivity contribution in [1.29, 1.82) is 0 Å². The summed E-state index contributed by atoms with van der Waals surface area (Å²) in [6, 6.07) is 8.10. The fourth-order valence-corrected chi connectivity index (χ4v) is 4.22. The van der Waals surface area contributed by atoms with Gasteiger partial charge in [0, 0.05) is 11.8 Å². The van der Waals surface area contributed by atoms with Crippen LogP contribution in [-0.2, 0) is 24.3 Å². The van der Waals surface area contributed by atoms with Crippen LogP contribution in [0.5, 0.6) is 11.5 Å². The largest absolute Gasteiger partial charge is 0.486 e. The maximum atomic E-state index is 13.2. The van der Waals surface area contributed by atoms with Crippen LogP contribution in [0.25, 0.3) is 0 Å². The van der Waals surface area contributed by atoms with E-state index in [9.17, 15) is 22.4 Å². The molecule has 1 amide bonds. The molecule has 0 unspecified atom stereocenters. The van der Waals surface area contributed by atoms with E-state index in [4.69, 9.17) is 14.2 Å². The molecule has 172 valence electrons. The number of nitrogens with one attached hydrogen (secondary N) is 2. The molecule has 1 heterocycles. The maximum absolute atomic E-state index is 13.2. The lowest BCUT2D eigenvalue weighted by atomic mass is 10.1. The fraction of sp³-hybridized carbons (Fsp3) is 0.333. The standard InChI is InChI=1S/C21H23FN2O7S/c1-13(2)20(21(26)31-12-19(25)23-15-5-3-4-14(22)10-15)24-32(27,28)16-6-7-17-18(11-16)30-9-8-29-17/h3-7,10-11,13,20,24H,8-9,12H2,1-2H3,(H,23,25)/t20-/m0/s1. The Bertz CT molecular complexity index is 1110. The normalized spacial score (nSPS) is 14.0. The molecule has 2 N–H and O–H groups in total. The summed E-state index contributed by atoms with van der Waals surface area (Å²) < 4.78 is 56.9. The van der Waals surface area contributed by atoms with E-state index in [0.717, 1.165) is 6.07 Å². The predicted molar refractivity (Wildman–Crippen MR) is 112 cm³/mol. The number of hydrogen-bond acceptors (Lipinski definition) is 7. The number of carbonyl (C=O) groups is 2. The van der Waals surface area contributed by atoms with Crippen LogP contribution in [0.3, 0.4) is 0 Å². The molecular weight excluding hydrogens is 443 g/mol. The summed E-state index contributed by atoms with van der Waals surface area (Å²) >= 11 is 0. The molecular formula is C21H23FN2O7S. The molecule has 1 aliphatic heterocycles. The molecule has 0 spiro atoms. The van der Waals surface area contributed by atoms with Gasteiger partial charge in [0.05, 0.1) is 4.90 Å². The van der Waals surface area contributed by atoms with E-state index in [1.54, 1.807) is 13.8 Å². The van der Waals surface area contributed by atoms with E-state index >= 15 is 0 Å². The molecule has 32 heavy (non-hydrogen) atoms. The van der Waals surface area contributed by atoms with Gasteiger partial charge in [-0.3, -0.25) is 9.59 Å². The highest BCUT2D eigenvalue weighted by Crippen LogP contribution is 2.32. The van der Waals surface area contributed by atoms with Gasteiger partial charge in [-0.2, -0.15) is 4.72 Å². The van der Waals surface area contributed by atoms with Gasteiger partial charge in [0.2, 0.25) is 10.0 Å². The van der Waals surface area contributed by atoms with Crippen LogP contribution in [0.2, 0.25) is 0 Å². The lowest BCUT2D eigenvalue weighted by Crippen LogP contribution is -2.45. The highest BCUT2D eigenvalue weighted by Gasteiger charge is 2.31. The van der Waals surface area contributed by atoms with Crippen LogP contribution in [0, 0.1) is 11.7 Å². The van der Waals surface area contributed by atoms with Gasteiger partial charge in [-0.1, -0.05) is 19.9 Å². The highest BCUT2D eigenvalue weighted by atomic mass is 32.2. The molecule has 2 aromatic carbocycles. The van der Waals surface area contributed by atoms with Crippen molar-refractivity contribution in [3.63, 3.8) is 0 Å². The second-order valence-corrected chi connectivity index (χ2v) is 9.03. The number of fused-ring (bicyclic) bond motifs is 1. The molecule has 0 saturated carbocycles.